The van der Waals surface area contributed by atoms with Crippen molar-refractivity contribution in [3.8, 4) is 10.7 Å². The highest BCUT2D eigenvalue weighted by atomic mass is 35.5. The zero-order chi connectivity index (χ0) is 19.2. The van der Waals surface area contributed by atoms with E-state index >= 15 is 0 Å². The van der Waals surface area contributed by atoms with E-state index in [2.05, 4.69) is 40.8 Å². The van der Waals surface area contributed by atoms with E-state index in [-0.39, 0.29) is 18.3 Å². The molecule has 0 aliphatic carbocycles. The molecule has 154 valence electrons. The summed E-state index contributed by atoms with van der Waals surface area (Å²) < 4.78 is 1.71. The molecule has 1 amide bonds. The summed E-state index contributed by atoms with van der Waals surface area (Å²) in [6.45, 7) is 6.03. The van der Waals surface area contributed by atoms with Gasteiger partial charge in [0.1, 0.15) is 10.7 Å². The normalized spacial score (nSPS) is 14.3. The van der Waals surface area contributed by atoms with Crippen LogP contribution in [0.25, 0.3) is 10.7 Å². The van der Waals surface area contributed by atoms with Crippen molar-refractivity contribution in [2.24, 2.45) is 0 Å². The highest BCUT2D eigenvalue weighted by Crippen LogP contribution is 2.20. The van der Waals surface area contributed by atoms with E-state index in [0.717, 1.165) is 49.1 Å². The minimum absolute atomic E-state index is 0. The number of hydrogen-bond acceptors (Lipinski definition) is 9. The number of carbonyl (C=O) groups excluding carboxylic acids is 1. The van der Waals surface area contributed by atoms with Crippen LogP contribution in [0.1, 0.15) is 16.2 Å². The second kappa shape index (κ2) is 10.3. The molecular weight excluding hydrogens is 414 g/mol. The largest absolute Gasteiger partial charge is 0.345 e. The summed E-state index contributed by atoms with van der Waals surface area (Å²) in [6, 6.07) is 0. The second-order valence-electron chi connectivity index (χ2n) is 6.38. The average Bonchev–Trinajstić information content (AvgIpc) is 3.42. The van der Waals surface area contributed by atoms with Crippen LogP contribution in [-0.4, -0.2) is 73.5 Å². The number of nitrogens with one attached hydrogen (secondary N) is 2. The van der Waals surface area contributed by atoms with E-state index in [1.165, 1.54) is 11.3 Å². The Hall–Kier alpha value is -2.47. The van der Waals surface area contributed by atoms with Crippen molar-refractivity contribution >= 4 is 29.7 Å². The zero-order valence-electron chi connectivity index (χ0n) is 15.7. The number of amides is 1. The van der Waals surface area contributed by atoms with E-state index in [1.807, 2.05) is 5.38 Å². The molecule has 3 aromatic rings. The maximum absolute atomic E-state index is 12.3. The van der Waals surface area contributed by atoms with Crippen LogP contribution < -0.4 is 10.6 Å². The van der Waals surface area contributed by atoms with Crippen LogP contribution in [0.3, 0.4) is 0 Å². The van der Waals surface area contributed by atoms with Crippen molar-refractivity contribution in [1.29, 1.82) is 0 Å². The molecule has 1 saturated heterocycles. The van der Waals surface area contributed by atoms with Crippen LogP contribution in [0.5, 0.6) is 0 Å². The van der Waals surface area contributed by atoms with Crippen molar-refractivity contribution in [1.82, 2.24) is 45.5 Å². The molecule has 2 N–H and O–H groups in total. The second-order valence-corrected chi connectivity index (χ2v) is 7.23. The van der Waals surface area contributed by atoms with Crippen molar-refractivity contribution in [3.63, 3.8) is 0 Å². The Labute approximate surface area is 178 Å². The summed E-state index contributed by atoms with van der Waals surface area (Å²) in [5.41, 5.74) is 1.80. The van der Waals surface area contributed by atoms with Gasteiger partial charge in [-0.2, -0.15) is 0 Å². The van der Waals surface area contributed by atoms with Gasteiger partial charge in [-0.1, -0.05) is 5.21 Å². The third kappa shape index (κ3) is 5.76. The number of halogens is 1. The maximum Gasteiger partial charge on any atom is 0.273 e. The Balaban J connectivity index is 0.00000240. The minimum Gasteiger partial charge on any atom is -0.345 e. The molecule has 0 saturated carbocycles. The summed E-state index contributed by atoms with van der Waals surface area (Å²) in [4.78, 5) is 27.4. The van der Waals surface area contributed by atoms with Crippen LogP contribution in [-0.2, 0) is 13.1 Å². The van der Waals surface area contributed by atoms with Crippen LogP contribution in [0, 0.1) is 0 Å². The molecule has 0 atom stereocenters. The van der Waals surface area contributed by atoms with Gasteiger partial charge in [0.2, 0.25) is 0 Å². The number of nitrogens with zero attached hydrogens (tertiary/aromatic N) is 7. The van der Waals surface area contributed by atoms with Crippen LogP contribution in [0.4, 0.5) is 0 Å². The fourth-order valence-corrected chi connectivity index (χ4v) is 3.65. The van der Waals surface area contributed by atoms with Crippen molar-refractivity contribution in [2.45, 2.75) is 13.1 Å². The zero-order valence-corrected chi connectivity index (χ0v) is 17.3. The number of carbonyl (C=O) groups is 1. The Bertz CT molecular complexity index is 911. The summed E-state index contributed by atoms with van der Waals surface area (Å²) in [7, 11) is 0. The first-order valence-corrected chi connectivity index (χ1v) is 9.98. The lowest BCUT2D eigenvalue weighted by atomic mass is 10.3. The van der Waals surface area contributed by atoms with Gasteiger partial charge in [-0.3, -0.25) is 24.3 Å². The third-order valence-corrected chi connectivity index (χ3v) is 5.30. The lowest BCUT2D eigenvalue weighted by Crippen LogP contribution is -2.44. The molecule has 1 fully saturated rings. The number of thiazole rings is 1. The molecule has 0 bridgehead atoms. The van der Waals surface area contributed by atoms with Crippen LogP contribution in [0.2, 0.25) is 0 Å². The third-order valence-electron chi connectivity index (χ3n) is 4.39. The number of piperazine rings is 1. The summed E-state index contributed by atoms with van der Waals surface area (Å²) >= 11 is 1.47. The van der Waals surface area contributed by atoms with Gasteiger partial charge in [-0.25, -0.2) is 4.98 Å². The van der Waals surface area contributed by atoms with Crippen molar-refractivity contribution < 1.29 is 4.79 Å². The van der Waals surface area contributed by atoms with E-state index in [4.69, 9.17) is 0 Å². The SMILES string of the molecule is Cl.O=C(NCc1csc(-c2cnccn2)n1)c1cn(CCN2CCNCC2)nn1. The quantitative estimate of drug-likeness (QED) is 0.549. The van der Waals surface area contributed by atoms with Gasteiger partial charge < -0.3 is 10.6 Å². The molecule has 0 aromatic carbocycles. The topological polar surface area (TPSA) is 114 Å². The molecule has 1 aliphatic heterocycles. The van der Waals surface area contributed by atoms with Gasteiger partial charge in [0.25, 0.3) is 5.91 Å². The maximum atomic E-state index is 12.3. The Kier molecular flexibility index (Phi) is 7.58. The predicted octanol–water partition coefficient (Wildman–Crippen LogP) is 0.449. The number of aromatic nitrogens is 6. The Morgan fingerprint density at radius 3 is 2.90 bits per heavy atom. The predicted molar refractivity (Wildman–Crippen MR) is 111 cm³/mol. The Morgan fingerprint density at radius 1 is 1.24 bits per heavy atom. The minimum atomic E-state index is -0.262. The van der Waals surface area contributed by atoms with Crippen molar-refractivity contribution in [2.75, 3.05) is 32.7 Å². The lowest BCUT2D eigenvalue weighted by molar-refractivity contribution is 0.0945. The molecule has 1 aliphatic rings. The molecule has 29 heavy (non-hydrogen) atoms. The van der Waals surface area contributed by atoms with Gasteiger partial charge >= 0.3 is 0 Å². The lowest BCUT2D eigenvalue weighted by Gasteiger charge is -2.26. The fraction of sp³-hybridized carbons (Fsp3) is 0.412. The first kappa shape index (κ1) is 21.2. The smallest absolute Gasteiger partial charge is 0.273 e. The van der Waals surface area contributed by atoms with Gasteiger partial charge in [-0.15, -0.1) is 28.8 Å². The average molecular weight is 436 g/mol. The van der Waals surface area contributed by atoms with E-state index in [9.17, 15) is 4.79 Å². The highest BCUT2D eigenvalue weighted by Gasteiger charge is 2.14. The first-order valence-electron chi connectivity index (χ1n) is 9.10. The first-order chi connectivity index (χ1) is 13.8. The van der Waals surface area contributed by atoms with Gasteiger partial charge in [0.05, 0.1) is 31.2 Å². The molecule has 10 nitrogen and oxygen atoms in total. The van der Waals surface area contributed by atoms with Crippen LogP contribution >= 0.6 is 23.7 Å². The van der Waals surface area contributed by atoms with Gasteiger partial charge in [0.15, 0.2) is 5.69 Å². The molecule has 4 rings (SSSR count). The molecule has 4 heterocycles. The number of rotatable bonds is 7. The molecule has 0 unspecified atom stereocenters. The van der Waals surface area contributed by atoms with Crippen molar-refractivity contribution in [3.05, 3.63) is 41.6 Å². The van der Waals surface area contributed by atoms with Crippen LogP contribution in [0.15, 0.2) is 30.2 Å². The standard InChI is InChI=1S/C17H21N9OS.ClH/c27-16(15-11-26(24-23-15)8-7-25-5-3-18-4-6-25)21-9-13-12-28-17(22-13)14-10-19-1-2-20-14;/h1-2,10-12,18H,3-9H2,(H,21,27);1H. The van der Waals surface area contributed by atoms with E-state index in [0.29, 0.717) is 18.8 Å². The molecule has 3 aromatic heterocycles. The molecular formula is C17H22ClN9OS. The molecule has 0 spiro atoms. The van der Waals surface area contributed by atoms with Gasteiger partial charge in [-0.05, 0) is 0 Å². The summed E-state index contributed by atoms with van der Waals surface area (Å²) in [6.07, 6.45) is 6.60. The Morgan fingerprint density at radius 2 is 2.10 bits per heavy atom. The molecule has 12 heteroatoms. The van der Waals surface area contributed by atoms with E-state index in [1.54, 1.807) is 29.5 Å². The van der Waals surface area contributed by atoms with Gasteiger partial charge in [0, 0.05) is 50.5 Å². The fourth-order valence-electron chi connectivity index (χ4n) is 2.87. The van der Waals surface area contributed by atoms with E-state index < -0.39 is 0 Å². The number of hydrogen-bond donors (Lipinski definition) is 2. The molecule has 0 radical (unpaired) electrons. The summed E-state index contributed by atoms with van der Waals surface area (Å²) in [5.74, 6) is -0.262. The highest BCUT2D eigenvalue weighted by molar-refractivity contribution is 7.13. The monoisotopic (exact) mass is 435 g/mol. The summed E-state index contributed by atoms with van der Waals surface area (Å²) in [5, 5.41) is 16.9.